The largest absolute Gasteiger partial charge is 0.506 e. The molecule has 0 atom stereocenters. The van der Waals surface area contributed by atoms with Crippen LogP contribution in [0.15, 0.2) is 67.0 Å². The Labute approximate surface area is 280 Å². The molecule has 0 aliphatic carbocycles. The number of piperidine rings is 1. The third kappa shape index (κ3) is 8.48. The SMILES string of the molecule is N#Cc1ccc(-c2c(-c3ccc(Cl)c(O)c3)cnc(N3CCC(NCc4ccc(/C=C/C(=O)NO)cc4F)CC3)c2C#N)cn1.O=CO. The standard InChI is InChI=1S/C33H27ClFN7O3.CH2O2/c34-28-7-5-21(14-30(28)43)27-19-40-33(26(16-37)32(27)23-4-6-25(15-36)39-18-23)42-11-9-24(10-12-42)38-17-22-3-1-20(13-29(22)35)2-8-31(44)41-45;2-1-3/h1-8,13-14,18-19,24,38,43,45H,9-12,17H2,(H,41,44);1H,(H,2,3)/b8-2+;. The van der Waals surface area contributed by atoms with Crippen LogP contribution in [0.4, 0.5) is 10.2 Å². The van der Waals surface area contributed by atoms with Crippen molar-refractivity contribution < 1.29 is 29.4 Å². The fraction of sp³-hybridized carbons (Fsp3) is 0.176. The fourth-order valence-electron chi connectivity index (χ4n) is 5.22. The summed E-state index contributed by atoms with van der Waals surface area (Å²) in [4.78, 5) is 30.5. The number of anilines is 1. The summed E-state index contributed by atoms with van der Waals surface area (Å²) in [5, 5.41) is 49.0. The highest BCUT2D eigenvalue weighted by Crippen LogP contribution is 2.40. The van der Waals surface area contributed by atoms with Gasteiger partial charge in [-0.3, -0.25) is 14.8 Å². The Balaban J connectivity index is 0.00000167. The maximum atomic E-state index is 14.7. The predicted octanol–water partition coefficient (Wildman–Crippen LogP) is 5.03. The molecule has 4 aromatic rings. The number of aromatic hydroxyl groups is 1. The van der Waals surface area contributed by atoms with Crippen LogP contribution in [-0.4, -0.2) is 56.9 Å². The second-order valence-electron chi connectivity index (χ2n) is 10.5. The maximum Gasteiger partial charge on any atom is 0.290 e. The number of carboxylic acid groups (broad SMARTS) is 1. The van der Waals surface area contributed by atoms with E-state index in [0.29, 0.717) is 64.4 Å². The number of hydroxylamine groups is 1. The molecule has 5 N–H and O–H groups in total. The van der Waals surface area contributed by atoms with Gasteiger partial charge >= 0.3 is 0 Å². The zero-order chi connectivity index (χ0) is 34.6. The first kappa shape index (κ1) is 35.0. The Kier molecular flexibility index (Phi) is 12.1. The molecule has 2 aromatic carbocycles. The lowest BCUT2D eigenvalue weighted by atomic mass is 9.92. The minimum absolute atomic E-state index is 0.102. The van der Waals surface area contributed by atoms with Gasteiger partial charge in [-0.1, -0.05) is 29.8 Å². The summed E-state index contributed by atoms with van der Waals surface area (Å²) in [7, 11) is 0. The summed E-state index contributed by atoms with van der Waals surface area (Å²) in [6.45, 7) is 1.27. The van der Waals surface area contributed by atoms with E-state index in [-0.39, 0.29) is 29.0 Å². The molecule has 1 aliphatic heterocycles. The van der Waals surface area contributed by atoms with E-state index in [0.717, 1.165) is 18.9 Å². The normalized spacial score (nSPS) is 12.8. The van der Waals surface area contributed by atoms with Gasteiger partial charge in [-0.05, 0) is 60.4 Å². The van der Waals surface area contributed by atoms with Crippen LogP contribution in [0.1, 0.15) is 35.2 Å². The number of pyridine rings is 2. The second kappa shape index (κ2) is 16.6. The van der Waals surface area contributed by atoms with E-state index in [2.05, 4.69) is 16.4 Å². The van der Waals surface area contributed by atoms with Crippen LogP contribution >= 0.6 is 11.6 Å². The van der Waals surface area contributed by atoms with Gasteiger partial charge in [-0.15, -0.1) is 0 Å². The molecule has 1 saturated heterocycles. The monoisotopic (exact) mass is 669 g/mol. The molecule has 5 rings (SSSR count). The average molecular weight is 670 g/mol. The minimum atomic E-state index is -0.704. The first-order valence-corrected chi connectivity index (χ1v) is 14.9. The molecule has 1 amide bonds. The topological polar surface area (TPSA) is 195 Å². The quantitative estimate of drug-likeness (QED) is 0.0730. The predicted molar refractivity (Wildman–Crippen MR) is 175 cm³/mol. The lowest BCUT2D eigenvalue weighted by molar-refractivity contribution is -0.124. The van der Waals surface area contributed by atoms with Crippen molar-refractivity contribution >= 4 is 35.9 Å². The zero-order valence-corrected chi connectivity index (χ0v) is 26.0. The minimum Gasteiger partial charge on any atom is -0.506 e. The molecule has 0 bridgehead atoms. The molecule has 48 heavy (non-hydrogen) atoms. The number of benzene rings is 2. The van der Waals surface area contributed by atoms with E-state index in [1.54, 1.807) is 48.8 Å². The summed E-state index contributed by atoms with van der Waals surface area (Å²) in [5.41, 5.74) is 5.46. The molecule has 0 radical (unpaired) electrons. The summed E-state index contributed by atoms with van der Waals surface area (Å²) in [5.74, 6) is -0.699. The first-order valence-electron chi connectivity index (χ1n) is 14.5. The highest BCUT2D eigenvalue weighted by Gasteiger charge is 2.26. The number of phenols is 1. The van der Waals surface area contributed by atoms with E-state index in [9.17, 15) is 24.8 Å². The molecule has 1 aliphatic rings. The van der Waals surface area contributed by atoms with Crippen LogP contribution in [0.25, 0.3) is 28.3 Å². The van der Waals surface area contributed by atoms with Gasteiger partial charge in [0.25, 0.3) is 12.4 Å². The molecule has 244 valence electrons. The summed E-state index contributed by atoms with van der Waals surface area (Å²) < 4.78 is 14.7. The van der Waals surface area contributed by atoms with E-state index in [4.69, 9.17) is 31.7 Å². The van der Waals surface area contributed by atoms with Gasteiger partial charge in [-0.25, -0.2) is 19.8 Å². The molecule has 2 aromatic heterocycles. The Bertz CT molecular complexity index is 1900. The first-order chi connectivity index (χ1) is 23.2. The van der Waals surface area contributed by atoms with Crippen molar-refractivity contribution in [3.05, 3.63) is 100 Å². The molecule has 14 heteroatoms. The van der Waals surface area contributed by atoms with Crippen molar-refractivity contribution in [3.63, 3.8) is 0 Å². The van der Waals surface area contributed by atoms with Crippen LogP contribution < -0.4 is 15.7 Å². The maximum absolute atomic E-state index is 14.7. The number of nitrogens with zero attached hydrogens (tertiary/aromatic N) is 5. The number of phenolic OH excluding ortho intramolecular Hbond substituents is 1. The number of hydrogen-bond donors (Lipinski definition) is 5. The van der Waals surface area contributed by atoms with E-state index in [1.807, 2.05) is 11.0 Å². The Morgan fingerprint density at radius 2 is 1.79 bits per heavy atom. The summed E-state index contributed by atoms with van der Waals surface area (Å²) >= 11 is 6.04. The van der Waals surface area contributed by atoms with Crippen LogP contribution in [-0.2, 0) is 16.1 Å². The lowest BCUT2D eigenvalue weighted by Gasteiger charge is -2.34. The van der Waals surface area contributed by atoms with E-state index >= 15 is 0 Å². The molecule has 3 heterocycles. The molecule has 0 saturated carbocycles. The Morgan fingerprint density at radius 3 is 2.40 bits per heavy atom. The highest BCUT2D eigenvalue weighted by molar-refractivity contribution is 6.32. The van der Waals surface area contributed by atoms with Gasteiger partial charge in [0.15, 0.2) is 0 Å². The number of nitrogens with one attached hydrogen (secondary N) is 2. The Morgan fingerprint density at radius 1 is 1.06 bits per heavy atom. The van der Waals surface area contributed by atoms with Crippen LogP contribution in [0.3, 0.4) is 0 Å². The number of aromatic nitrogens is 2. The molecule has 12 nitrogen and oxygen atoms in total. The lowest BCUT2D eigenvalue weighted by Crippen LogP contribution is -2.43. The van der Waals surface area contributed by atoms with Crippen molar-refractivity contribution in [2.24, 2.45) is 0 Å². The number of carbonyl (C=O) groups is 2. The molecule has 0 unspecified atom stereocenters. The Hall–Kier alpha value is -5.86. The van der Waals surface area contributed by atoms with Gasteiger partial charge in [0.05, 0.1) is 5.02 Å². The van der Waals surface area contributed by atoms with E-state index < -0.39 is 11.7 Å². The number of carbonyl (C=O) groups excluding carboxylic acids is 1. The molecule has 1 fully saturated rings. The molecular weight excluding hydrogens is 641 g/mol. The van der Waals surface area contributed by atoms with Crippen molar-refractivity contribution in [2.45, 2.75) is 25.4 Å². The number of hydrogen-bond acceptors (Lipinski definition) is 10. The van der Waals surface area contributed by atoms with Gasteiger partial charge in [-0.2, -0.15) is 10.5 Å². The number of rotatable bonds is 8. The van der Waals surface area contributed by atoms with E-state index in [1.165, 1.54) is 23.7 Å². The summed E-state index contributed by atoms with van der Waals surface area (Å²) in [6, 6.07) is 17.2. The van der Waals surface area contributed by atoms with Gasteiger partial charge in [0.1, 0.15) is 40.8 Å². The third-order valence-electron chi connectivity index (χ3n) is 7.58. The van der Waals surface area contributed by atoms with Crippen molar-refractivity contribution in [3.8, 4) is 40.1 Å². The highest BCUT2D eigenvalue weighted by atomic mass is 35.5. The van der Waals surface area contributed by atoms with Crippen LogP contribution in [0, 0.1) is 28.5 Å². The second-order valence-corrected chi connectivity index (χ2v) is 10.9. The van der Waals surface area contributed by atoms with Gasteiger partial charge < -0.3 is 20.4 Å². The van der Waals surface area contributed by atoms with Crippen molar-refractivity contribution in [2.75, 3.05) is 18.0 Å². The zero-order valence-electron chi connectivity index (χ0n) is 25.3. The smallest absolute Gasteiger partial charge is 0.290 e. The third-order valence-corrected chi connectivity index (χ3v) is 7.90. The van der Waals surface area contributed by atoms with Crippen molar-refractivity contribution in [1.82, 2.24) is 20.8 Å². The van der Waals surface area contributed by atoms with Gasteiger partial charge in [0.2, 0.25) is 0 Å². The molecule has 0 spiro atoms. The summed E-state index contributed by atoms with van der Waals surface area (Å²) in [6.07, 6.45) is 7.17. The molecular formula is C34H29ClFN7O5. The van der Waals surface area contributed by atoms with Gasteiger partial charge in [0, 0.05) is 66.4 Å². The average Bonchev–Trinajstić information content (AvgIpc) is 3.11. The number of amides is 1. The van der Waals surface area contributed by atoms with Crippen LogP contribution in [0.2, 0.25) is 5.02 Å². The fourth-order valence-corrected chi connectivity index (χ4v) is 5.34. The van der Waals surface area contributed by atoms with Crippen LogP contribution in [0.5, 0.6) is 5.75 Å². The number of nitriles is 2. The van der Waals surface area contributed by atoms with Crippen molar-refractivity contribution in [1.29, 1.82) is 10.5 Å². The number of halogens is 2.